The molecule has 0 saturated heterocycles. The zero-order chi connectivity index (χ0) is 23.8. The van der Waals surface area contributed by atoms with Gasteiger partial charge in [0.2, 0.25) is 0 Å². The van der Waals surface area contributed by atoms with Crippen molar-refractivity contribution in [1.82, 2.24) is 4.90 Å². The SMILES string of the molecule is COc1cc2c(cc1OC)[C@@H](c1cccc(Cl)c1)N(C(=O)c1ccc(C(C)(C)C)cc1)CC2. The van der Waals surface area contributed by atoms with Crippen molar-refractivity contribution in [3.63, 3.8) is 0 Å². The number of hydrogen-bond donors (Lipinski definition) is 0. The molecule has 0 aromatic heterocycles. The molecule has 0 fully saturated rings. The predicted molar refractivity (Wildman–Crippen MR) is 133 cm³/mol. The standard InChI is InChI=1S/C28H30ClNO3/c1-28(2,3)21-11-9-18(10-12-21)27(31)30-14-13-19-16-24(32-4)25(33-5)17-23(19)26(30)20-7-6-8-22(29)15-20/h6-12,15-17,26H,13-14H2,1-5H3/t26-/m1/s1. The Morgan fingerprint density at radius 3 is 2.24 bits per heavy atom. The molecule has 0 saturated carbocycles. The molecule has 0 unspecified atom stereocenters. The highest BCUT2D eigenvalue weighted by Crippen LogP contribution is 2.42. The molecule has 1 atom stereocenters. The third-order valence-corrected chi connectivity index (χ3v) is 6.53. The maximum Gasteiger partial charge on any atom is 0.254 e. The van der Waals surface area contributed by atoms with E-state index in [1.165, 1.54) is 5.56 Å². The minimum atomic E-state index is -0.276. The number of fused-ring (bicyclic) bond motifs is 1. The Morgan fingerprint density at radius 2 is 1.64 bits per heavy atom. The Morgan fingerprint density at radius 1 is 0.970 bits per heavy atom. The van der Waals surface area contributed by atoms with Gasteiger partial charge in [-0.2, -0.15) is 0 Å². The van der Waals surface area contributed by atoms with Crippen LogP contribution in [0, 0.1) is 0 Å². The summed E-state index contributed by atoms with van der Waals surface area (Å²) in [5.74, 6) is 1.34. The van der Waals surface area contributed by atoms with E-state index in [0.717, 1.165) is 23.1 Å². The van der Waals surface area contributed by atoms with Crippen molar-refractivity contribution in [2.45, 2.75) is 38.6 Å². The van der Waals surface area contributed by atoms with E-state index in [0.29, 0.717) is 28.6 Å². The largest absolute Gasteiger partial charge is 0.493 e. The molecule has 1 amide bonds. The average Bonchev–Trinajstić information content (AvgIpc) is 2.81. The van der Waals surface area contributed by atoms with Crippen LogP contribution in [0.4, 0.5) is 0 Å². The van der Waals surface area contributed by atoms with Crippen molar-refractivity contribution in [2.75, 3.05) is 20.8 Å². The molecular formula is C28H30ClNO3. The fourth-order valence-electron chi connectivity index (χ4n) is 4.48. The third-order valence-electron chi connectivity index (χ3n) is 6.30. The van der Waals surface area contributed by atoms with Gasteiger partial charge in [-0.05, 0) is 70.5 Å². The summed E-state index contributed by atoms with van der Waals surface area (Å²) in [4.78, 5) is 15.7. The highest BCUT2D eigenvalue weighted by atomic mass is 35.5. The Balaban J connectivity index is 1.80. The molecule has 0 bridgehead atoms. The van der Waals surface area contributed by atoms with Crippen LogP contribution in [0.1, 0.15) is 59.4 Å². The van der Waals surface area contributed by atoms with E-state index in [1.54, 1.807) is 14.2 Å². The Bertz CT molecular complexity index is 1160. The molecule has 172 valence electrons. The molecule has 3 aromatic rings. The molecule has 4 rings (SSSR count). The number of rotatable bonds is 4. The summed E-state index contributed by atoms with van der Waals surface area (Å²) in [5.41, 5.74) is 5.05. The first-order valence-corrected chi connectivity index (χ1v) is 11.5. The summed E-state index contributed by atoms with van der Waals surface area (Å²) in [5, 5.41) is 0.641. The van der Waals surface area contributed by atoms with Gasteiger partial charge in [0.25, 0.3) is 5.91 Å². The van der Waals surface area contributed by atoms with E-state index in [9.17, 15) is 4.79 Å². The van der Waals surface area contributed by atoms with Gasteiger partial charge in [0, 0.05) is 17.1 Å². The second-order valence-corrected chi connectivity index (χ2v) is 9.88. The number of halogens is 1. The topological polar surface area (TPSA) is 38.8 Å². The van der Waals surface area contributed by atoms with Crippen LogP contribution < -0.4 is 9.47 Å². The third kappa shape index (κ3) is 4.58. The van der Waals surface area contributed by atoms with Crippen LogP contribution in [0.15, 0.2) is 60.7 Å². The van der Waals surface area contributed by atoms with Gasteiger partial charge < -0.3 is 14.4 Å². The van der Waals surface area contributed by atoms with E-state index in [1.807, 2.05) is 65.6 Å². The molecule has 0 aliphatic carbocycles. The van der Waals surface area contributed by atoms with Gasteiger partial charge in [-0.25, -0.2) is 0 Å². The number of carbonyl (C=O) groups is 1. The van der Waals surface area contributed by atoms with Crippen LogP contribution >= 0.6 is 11.6 Å². The second-order valence-electron chi connectivity index (χ2n) is 9.44. The Kier molecular flexibility index (Phi) is 6.40. The Hall–Kier alpha value is -2.98. The molecule has 1 aliphatic rings. The molecule has 4 nitrogen and oxygen atoms in total. The Labute approximate surface area is 201 Å². The van der Waals surface area contributed by atoms with Gasteiger partial charge in [-0.1, -0.05) is 56.6 Å². The van der Waals surface area contributed by atoms with E-state index < -0.39 is 0 Å². The monoisotopic (exact) mass is 463 g/mol. The van der Waals surface area contributed by atoms with Crippen molar-refractivity contribution in [3.8, 4) is 11.5 Å². The molecule has 0 radical (unpaired) electrons. The summed E-state index contributed by atoms with van der Waals surface area (Å²) in [7, 11) is 3.26. The summed E-state index contributed by atoms with van der Waals surface area (Å²) >= 11 is 6.35. The zero-order valence-electron chi connectivity index (χ0n) is 19.8. The van der Waals surface area contributed by atoms with E-state index >= 15 is 0 Å². The van der Waals surface area contributed by atoms with Gasteiger partial charge in [-0.15, -0.1) is 0 Å². The number of benzene rings is 3. The molecule has 5 heteroatoms. The molecule has 1 heterocycles. The van der Waals surface area contributed by atoms with Crippen LogP contribution in [-0.4, -0.2) is 31.6 Å². The van der Waals surface area contributed by atoms with E-state index in [2.05, 4.69) is 20.8 Å². The lowest BCUT2D eigenvalue weighted by molar-refractivity contribution is 0.0694. The molecule has 0 spiro atoms. The molecule has 3 aromatic carbocycles. The van der Waals surface area contributed by atoms with Crippen LogP contribution in [0.3, 0.4) is 0 Å². The van der Waals surface area contributed by atoms with Gasteiger partial charge >= 0.3 is 0 Å². The molecule has 0 N–H and O–H groups in total. The number of amides is 1. The van der Waals surface area contributed by atoms with Gasteiger partial charge in [0.15, 0.2) is 11.5 Å². The van der Waals surface area contributed by atoms with Crippen molar-refractivity contribution < 1.29 is 14.3 Å². The van der Waals surface area contributed by atoms with Crippen molar-refractivity contribution in [2.24, 2.45) is 0 Å². The van der Waals surface area contributed by atoms with Crippen LogP contribution in [-0.2, 0) is 11.8 Å². The first-order chi connectivity index (χ1) is 15.7. The van der Waals surface area contributed by atoms with Crippen LogP contribution in [0.25, 0.3) is 0 Å². The van der Waals surface area contributed by atoms with Crippen LogP contribution in [0.2, 0.25) is 5.02 Å². The molecule has 1 aliphatic heterocycles. The summed E-state index contributed by atoms with van der Waals surface area (Å²) in [6.45, 7) is 7.10. The number of hydrogen-bond acceptors (Lipinski definition) is 3. The number of ether oxygens (including phenoxy) is 2. The summed E-state index contributed by atoms with van der Waals surface area (Å²) in [6.07, 6.45) is 0.735. The highest BCUT2D eigenvalue weighted by molar-refractivity contribution is 6.30. The number of carbonyl (C=O) groups excluding carboxylic acids is 1. The maximum atomic E-state index is 13.8. The van der Waals surface area contributed by atoms with Crippen molar-refractivity contribution >= 4 is 17.5 Å². The minimum Gasteiger partial charge on any atom is -0.493 e. The van der Waals surface area contributed by atoms with E-state index in [-0.39, 0.29) is 17.4 Å². The van der Waals surface area contributed by atoms with Gasteiger partial charge in [-0.3, -0.25) is 4.79 Å². The predicted octanol–water partition coefficient (Wildman–Crippen LogP) is 6.44. The lowest BCUT2D eigenvalue weighted by atomic mass is 9.85. The van der Waals surface area contributed by atoms with Gasteiger partial charge in [0.1, 0.15) is 0 Å². The van der Waals surface area contributed by atoms with E-state index in [4.69, 9.17) is 21.1 Å². The smallest absolute Gasteiger partial charge is 0.254 e. The lowest BCUT2D eigenvalue weighted by Crippen LogP contribution is -2.40. The minimum absolute atomic E-state index is 0.000805. The highest BCUT2D eigenvalue weighted by Gasteiger charge is 2.34. The lowest BCUT2D eigenvalue weighted by Gasteiger charge is -2.38. The fraction of sp³-hybridized carbons (Fsp3) is 0.321. The van der Waals surface area contributed by atoms with Crippen molar-refractivity contribution in [1.29, 1.82) is 0 Å². The number of methoxy groups -OCH3 is 2. The summed E-state index contributed by atoms with van der Waals surface area (Å²) in [6, 6.07) is 19.4. The van der Waals surface area contributed by atoms with Crippen molar-refractivity contribution in [3.05, 3.63) is 93.5 Å². The maximum absolute atomic E-state index is 13.8. The quantitative estimate of drug-likeness (QED) is 0.446. The number of nitrogens with zero attached hydrogens (tertiary/aromatic N) is 1. The van der Waals surface area contributed by atoms with Crippen LogP contribution in [0.5, 0.6) is 11.5 Å². The summed E-state index contributed by atoms with van der Waals surface area (Å²) < 4.78 is 11.1. The molecular weight excluding hydrogens is 434 g/mol. The average molecular weight is 464 g/mol. The first kappa shape index (κ1) is 23.2. The normalized spacial score (nSPS) is 15.7. The second kappa shape index (κ2) is 9.11. The fourth-order valence-corrected chi connectivity index (χ4v) is 4.68. The zero-order valence-corrected chi connectivity index (χ0v) is 20.6. The van der Waals surface area contributed by atoms with Gasteiger partial charge in [0.05, 0.1) is 20.3 Å². The molecule has 33 heavy (non-hydrogen) atoms. The first-order valence-electron chi connectivity index (χ1n) is 11.1.